The van der Waals surface area contributed by atoms with Crippen molar-refractivity contribution in [3.05, 3.63) is 65.8 Å². The summed E-state index contributed by atoms with van der Waals surface area (Å²) in [6.45, 7) is 0. The van der Waals surface area contributed by atoms with Crippen LogP contribution in [0.5, 0.6) is 0 Å². The molecular weight excluding hydrogens is 483 g/mol. The van der Waals surface area contributed by atoms with Gasteiger partial charge in [0.15, 0.2) is 0 Å². The molecule has 2 aromatic heterocycles. The van der Waals surface area contributed by atoms with Crippen LogP contribution >= 0.6 is 0 Å². The number of pyridine rings is 1. The number of nitrogens with zero attached hydrogens (tertiary/aromatic N) is 3. The molecule has 0 bridgehead atoms. The summed E-state index contributed by atoms with van der Waals surface area (Å²) in [4.78, 5) is 24.4. The lowest BCUT2D eigenvalue weighted by atomic mass is 9.75. The second-order valence-electron chi connectivity index (χ2n) is 8.72. The Labute approximate surface area is 200 Å². The molecule has 186 valence electrons. The molecule has 0 aromatic carbocycles. The van der Waals surface area contributed by atoms with Crippen molar-refractivity contribution in [1.82, 2.24) is 15.0 Å². The van der Waals surface area contributed by atoms with Gasteiger partial charge in [-0.05, 0) is 62.3 Å². The van der Waals surface area contributed by atoms with Crippen molar-refractivity contribution in [3.63, 3.8) is 0 Å². The van der Waals surface area contributed by atoms with Crippen molar-refractivity contribution in [2.45, 2.75) is 50.0 Å². The number of hydrogen-bond acceptors (Lipinski definition) is 6. The normalized spacial score (nSPS) is 20.4. The predicted molar refractivity (Wildman–Crippen MR) is 123 cm³/mol. The highest BCUT2D eigenvalue weighted by molar-refractivity contribution is 7.93. The highest BCUT2D eigenvalue weighted by Gasteiger charge is 2.37. The maximum absolute atomic E-state index is 12.8. The molecule has 1 saturated carbocycles. The highest BCUT2D eigenvalue weighted by Crippen LogP contribution is 2.37. The molecule has 8 nitrogen and oxygen atoms in total. The number of sulfonamides is 1. The zero-order valence-electron chi connectivity index (χ0n) is 18.6. The van der Waals surface area contributed by atoms with Gasteiger partial charge in [0, 0.05) is 18.1 Å². The van der Waals surface area contributed by atoms with Crippen LogP contribution in [0.3, 0.4) is 0 Å². The smallest absolute Gasteiger partial charge is 0.369 e. The fourth-order valence-electron chi connectivity index (χ4n) is 3.85. The Morgan fingerprint density at radius 1 is 1.20 bits per heavy atom. The van der Waals surface area contributed by atoms with Gasteiger partial charge in [0.05, 0.1) is 21.9 Å². The molecular formula is C23H24F3N5O3S. The van der Waals surface area contributed by atoms with E-state index in [2.05, 4.69) is 19.7 Å². The summed E-state index contributed by atoms with van der Waals surface area (Å²) in [5.74, 6) is -0.488. The van der Waals surface area contributed by atoms with Crippen LogP contribution in [0.4, 0.5) is 19.1 Å². The van der Waals surface area contributed by atoms with E-state index in [9.17, 15) is 26.4 Å². The summed E-state index contributed by atoms with van der Waals surface area (Å²) in [5.41, 5.74) is 5.52. The fourth-order valence-corrected chi connectivity index (χ4v) is 5.13. The Bertz CT molecular complexity index is 1270. The van der Waals surface area contributed by atoms with Gasteiger partial charge in [0.1, 0.15) is 0 Å². The summed E-state index contributed by atoms with van der Waals surface area (Å²) in [5, 5.41) is -0.390. The Morgan fingerprint density at radius 2 is 1.97 bits per heavy atom. The lowest BCUT2D eigenvalue weighted by Gasteiger charge is -2.29. The van der Waals surface area contributed by atoms with E-state index in [0.29, 0.717) is 49.1 Å². The second kappa shape index (κ2) is 9.40. The molecule has 1 unspecified atom stereocenters. The first-order chi connectivity index (χ1) is 16.5. The van der Waals surface area contributed by atoms with Gasteiger partial charge >= 0.3 is 6.18 Å². The minimum Gasteiger partial charge on any atom is -0.369 e. The second-order valence-corrected chi connectivity index (χ2v) is 10.7. The minimum atomic E-state index is -4.46. The molecule has 3 N–H and O–H groups in total. The van der Waals surface area contributed by atoms with E-state index >= 15 is 0 Å². The number of halogens is 3. The van der Waals surface area contributed by atoms with Crippen molar-refractivity contribution in [2.75, 3.05) is 4.72 Å². The van der Waals surface area contributed by atoms with Crippen LogP contribution in [-0.2, 0) is 27.4 Å². The van der Waals surface area contributed by atoms with Gasteiger partial charge in [-0.2, -0.15) is 13.2 Å². The predicted octanol–water partition coefficient (Wildman–Crippen LogP) is 3.63. The maximum atomic E-state index is 12.8. The van der Waals surface area contributed by atoms with Gasteiger partial charge < -0.3 is 5.73 Å². The van der Waals surface area contributed by atoms with Gasteiger partial charge in [-0.15, -0.1) is 0 Å². The molecule has 2 aliphatic carbocycles. The number of alkyl halides is 3. The van der Waals surface area contributed by atoms with Gasteiger partial charge in [0.25, 0.3) is 0 Å². The third kappa shape index (κ3) is 5.87. The Morgan fingerprint density at radius 3 is 2.54 bits per heavy atom. The van der Waals surface area contributed by atoms with E-state index in [0.717, 1.165) is 12.3 Å². The van der Waals surface area contributed by atoms with Crippen LogP contribution in [-0.4, -0.2) is 34.5 Å². The number of nitrogens with two attached hydrogens (primary N) is 1. The van der Waals surface area contributed by atoms with Crippen LogP contribution in [0.15, 0.2) is 48.8 Å². The number of hydrogen-bond donors (Lipinski definition) is 2. The SMILES string of the molecule is NC(=O)C1(CCCc2ccnc(NS(=O)(=O)C3CC3)n2)C=CC(c2ccc(C(F)(F)F)cn2)=CC1. The summed E-state index contributed by atoms with van der Waals surface area (Å²) >= 11 is 0. The van der Waals surface area contributed by atoms with Crippen LogP contribution < -0.4 is 10.5 Å². The summed E-state index contributed by atoms with van der Waals surface area (Å²) in [6, 6.07) is 3.94. The maximum Gasteiger partial charge on any atom is 0.417 e. The number of anilines is 1. The Hall–Kier alpha value is -3.28. The molecule has 2 aliphatic rings. The lowest BCUT2D eigenvalue weighted by molar-refractivity contribution is -0.137. The van der Waals surface area contributed by atoms with E-state index in [1.54, 1.807) is 24.3 Å². The molecule has 2 aromatic rings. The molecule has 0 spiro atoms. The van der Waals surface area contributed by atoms with Crippen LogP contribution in [0, 0.1) is 5.41 Å². The summed E-state index contributed by atoms with van der Waals surface area (Å²) < 4.78 is 64.9. The molecule has 0 saturated heterocycles. The van der Waals surface area contributed by atoms with Crippen molar-refractivity contribution in [1.29, 1.82) is 0 Å². The van der Waals surface area contributed by atoms with Crippen molar-refractivity contribution in [3.8, 4) is 0 Å². The van der Waals surface area contributed by atoms with E-state index in [1.165, 1.54) is 12.3 Å². The average Bonchev–Trinajstić information content (AvgIpc) is 3.65. The Balaban J connectivity index is 1.38. The number of aryl methyl sites for hydroxylation is 1. The van der Waals surface area contributed by atoms with E-state index in [4.69, 9.17) is 5.73 Å². The molecule has 35 heavy (non-hydrogen) atoms. The van der Waals surface area contributed by atoms with Crippen LogP contribution in [0.2, 0.25) is 0 Å². The standard InChI is InChI=1S/C23H24F3N5O3S/c24-23(25,26)16-3-6-19(29-14-16)15-7-11-22(12-8-15,20(27)32)10-1-2-17-9-13-28-21(30-17)31-35(33,34)18-4-5-18/h3,6-9,11,13-14,18H,1-2,4-5,10,12H2,(H2,27,32)(H,28,30,31). The minimum absolute atomic E-state index is 0.0215. The first-order valence-corrected chi connectivity index (χ1v) is 12.6. The number of allylic oxidation sites excluding steroid dienone is 3. The number of rotatable bonds is 9. The number of nitrogens with one attached hydrogen (secondary N) is 1. The van der Waals surface area contributed by atoms with Crippen molar-refractivity contribution < 1.29 is 26.4 Å². The van der Waals surface area contributed by atoms with Crippen molar-refractivity contribution >= 4 is 27.5 Å². The van der Waals surface area contributed by atoms with Gasteiger partial charge in [-0.1, -0.05) is 18.2 Å². The van der Waals surface area contributed by atoms with E-state index < -0.39 is 33.1 Å². The fraction of sp³-hybridized carbons (Fsp3) is 0.391. The molecule has 4 rings (SSSR count). The van der Waals surface area contributed by atoms with Crippen LogP contribution in [0.1, 0.15) is 49.1 Å². The van der Waals surface area contributed by atoms with Gasteiger partial charge in [-0.25, -0.2) is 18.4 Å². The number of amides is 1. The molecule has 0 aliphatic heterocycles. The third-order valence-corrected chi connectivity index (χ3v) is 7.93. The monoisotopic (exact) mass is 507 g/mol. The van der Waals surface area contributed by atoms with Crippen LogP contribution in [0.25, 0.3) is 5.57 Å². The average molecular weight is 508 g/mol. The third-order valence-electron chi connectivity index (χ3n) is 6.11. The van der Waals surface area contributed by atoms with Gasteiger partial charge in [0.2, 0.25) is 21.9 Å². The summed E-state index contributed by atoms with van der Waals surface area (Å²) in [6.07, 6.45) is 5.84. The molecule has 1 atom stereocenters. The van der Waals surface area contributed by atoms with Crippen molar-refractivity contribution in [2.24, 2.45) is 11.1 Å². The number of carbonyl (C=O) groups is 1. The molecule has 1 amide bonds. The molecule has 1 fully saturated rings. The quantitative estimate of drug-likeness (QED) is 0.534. The molecule has 2 heterocycles. The molecule has 12 heteroatoms. The first kappa shape index (κ1) is 24.8. The number of aromatic nitrogens is 3. The highest BCUT2D eigenvalue weighted by atomic mass is 32.2. The molecule has 0 radical (unpaired) electrons. The number of carbonyl (C=O) groups excluding carboxylic acids is 1. The largest absolute Gasteiger partial charge is 0.417 e. The topological polar surface area (TPSA) is 128 Å². The first-order valence-electron chi connectivity index (χ1n) is 11.0. The number of primary amides is 1. The van der Waals surface area contributed by atoms with E-state index in [1.807, 2.05) is 0 Å². The summed E-state index contributed by atoms with van der Waals surface area (Å²) in [7, 11) is -3.47. The Kier molecular flexibility index (Phi) is 6.67. The van der Waals surface area contributed by atoms with E-state index in [-0.39, 0.29) is 17.6 Å². The zero-order chi connectivity index (χ0) is 25.3. The lowest BCUT2D eigenvalue weighted by Crippen LogP contribution is -2.36. The van der Waals surface area contributed by atoms with Gasteiger partial charge in [-0.3, -0.25) is 14.5 Å². The zero-order valence-corrected chi connectivity index (χ0v) is 19.4.